The molecule has 84 valence electrons. The lowest BCUT2D eigenvalue weighted by Gasteiger charge is -2.19. The number of rotatable bonds is 4. The molecule has 1 aliphatic heterocycles. The fourth-order valence-electron chi connectivity index (χ4n) is 3.36. The Morgan fingerprint density at radius 2 is 2.20 bits per heavy atom. The molecule has 0 radical (unpaired) electrons. The van der Waals surface area contributed by atoms with E-state index in [0.29, 0.717) is 0 Å². The van der Waals surface area contributed by atoms with Gasteiger partial charge >= 0.3 is 0 Å². The molecule has 15 heavy (non-hydrogen) atoms. The van der Waals surface area contributed by atoms with Gasteiger partial charge in [-0.1, -0.05) is 12.2 Å². The summed E-state index contributed by atoms with van der Waals surface area (Å²) >= 11 is 2.16. The van der Waals surface area contributed by atoms with Crippen LogP contribution in [0, 0.1) is 17.8 Å². The second-order valence-electron chi connectivity index (χ2n) is 5.33. The van der Waals surface area contributed by atoms with Crippen LogP contribution in [0.5, 0.6) is 0 Å². The number of hydrogen-bond acceptors (Lipinski definition) is 2. The number of thioether (sulfide) groups is 1. The average Bonchev–Trinajstić information content (AvgIpc) is 2.93. The number of nitrogens with one attached hydrogen (secondary N) is 1. The van der Waals surface area contributed by atoms with Crippen molar-refractivity contribution < 1.29 is 0 Å². The summed E-state index contributed by atoms with van der Waals surface area (Å²) in [5.41, 5.74) is 0. The molecule has 4 atom stereocenters. The van der Waals surface area contributed by atoms with Crippen molar-refractivity contribution in [2.45, 2.75) is 30.9 Å². The Morgan fingerprint density at radius 3 is 2.87 bits per heavy atom. The zero-order valence-corrected chi connectivity index (χ0v) is 10.1. The maximum Gasteiger partial charge on any atom is 0.0172 e. The summed E-state index contributed by atoms with van der Waals surface area (Å²) in [4.78, 5) is 0. The van der Waals surface area contributed by atoms with Crippen molar-refractivity contribution in [3.8, 4) is 0 Å². The Hall–Kier alpha value is 0.0500. The molecule has 2 aliphatic carbocycles. The summed E-state index contributed by atoms with van der Waals surface area (Å²) in [6, 6.07) is 0. The molecule has 0 amide bonds. The predicted molar refractivity (Wildman–Crippen MR) is 67.2 cm³/mol. The number of fused-ring (bicyclic) bond motifs is 2. The van der Waals surface area contributed by atoms with Gasteiger partial charge in [0.2, 0.25) is 0 Å². The maximum absolute atomic E-state index is 3.70. The van der Waals surface area contributed by atoms with E-state index in [2.05, 4.69) is 29.2 Å². The molecular weight excluding hydrogens is 202 g/mol. The first kappa shape index (κ1) is 10.2. The average molecular weight is 223 g/mol. The molecular formula is C13H21NS. The summed E-state index contributed by atoms with van der Waals surface area (Å²) < 4.78 is 0. The first-order valence-electron chi connectivity index (χ1n) is 6.42. The van der Waals surface area contributed by atoms with Crippen LogP contribution in [0.15, 0.2) is 12.2 Å². The first-order valence-corrected chi connectivity index (χ1v) is 7.47. The van der Waals surface area contributed by atoms with Crippen LogP contribution < -0.4 is 5.32 Å². The topological polar surface area (TPSA) is 12.0 Å². The highest BCUT2D eigenvalue weighted by atomic mass is 32.2. The van der Waals surface area contributed by atoms with Crippen molar-refractivity contribution in [1.29, 1.82) is 0 Å². The van der Waals surface area contributed by atoms with E-state index in [0.717, 1.165) is 23.0 Å². The second-order valence-corrected chi connectivity index (χ2v) is 6.74. The first-order chi connectivity index (χ1) is 7.42. The normalized spacial score (nSPS) is 42.9. The van der Waals surface area contributed by atoms with Gasteiger partial charge in [0.05, 0.1) is 0 Å². The van der Waals surface area contributed by atoms with Gasteiger partial charge < -0.3 is 5.32 Å². The minimum absolute atomic E-state index is 0.915. The van der Waals surface area contributed by atoms with Crippen molar-refractivity contribution in [2.24, 2.45) is 17.8 Å². The summed E-state index contributed by atoms with van der Waals surface area (Å²) in [5.74, 6) is 4.19. The van der Waals surface area contributed by atoms with E-state index in [1.807, 2.05) is 0 Å². The lowest BCUT2D eigenvalue weighted by atomic mass is 9.93. The van der Waals surface area contributed by atoms with E-state index in [9.17, 15) is 0 Å². The minimum atomic E-state index is 0.915. The molecule has 0 aromatic rings. The zero-order valence-electron chi connectivity index (χ0n) is 9.32. The maximum atomic E-state index is 3.70. The quantitative estimate of drug-likeness (QED) is 0.735. The SMILES string of the molecule is C1=CC2CC1CC2CNCC1CCCS1. The minimum Gasteiger partial charge on any atom is -0.315 e. The van der Waals surface area contributed by atoms with E-state index in [1.165, 1.54) is 44.5 Å². The lowest BCUT2D eigenvalue weighted by molar-refractivity contribution is 0.414. The highest BCUT2D eigenvalue weighted by molar-refractivity contribution is 8.00. The van der Waals surface area contributed by atoms with Gasteiger partial charge in [0.15, 0.2) is 0 Å². The largest absolute Gasteiger partial charge is 0.315 e. The fraction of sp³-hybridized carbons (Fsp3) is 0.846. The fourth-order valence-corrected chi connectivity index (χ4v) is 4.60. The highest BCUT2D eigenvalue weighted by Crippen LogP contribution is 2.42. The van der Waals surface area contributed by atoms with Gasteiger partial charge in [0.1, 0.15) is 0 Å². The van der Waals surface area contributed by atoms with Gasteiger partial charge in [0, 0.05) is 11.8 Å². The number of hydrogen-bond donors (Lipinski definition) is 1. The molecule has 1 saturated heterocycles. The highest BCUT2D eigenvalue weighted by Gasteiger charge is 2.35. The molecule has 1 saturated carbocycles. The standard InChI is InChI=1S/C13H21NS/c1-2-13(15-5-1)9-14-8-12-7-10-3-4-11(12)6-10/h3-4,10-14H,1-2,5-9H2. The third-order valence-corrected chi connectivity index (χ3v) is 5.62. The van der Waals surface area contributed by atoms with Crippen molar-refractivity contribution in [3.63, 3.8) is 0 Å². The Morgan fingerprint density at radius 1 is 1.20 bits per heavy atom. The van der Waals surface area contributed by atoms with Crippen molar-refractivity contribution in [3.05, 3.63) is 12.2 Å². The van der Waals surface area contributed by atoms with Crippen LogP contribution in [0.4, 0.5) is 0 Å². The Bertz CT molecular complexity index is 245. The smallest absolute Gasteiger partial charge is 0.0172 e. The molecule has 2 bridgehead atoms. The van der Waals surface area contributed by atoms with Crippen LogP contribution in [0.1, 0.15) is 25.7 Å². The molecule has 2 fully saturated rings. The van der Waals surface area contributed by atoms with Gasteiger partial charge in [-0.25, -0.2) is 0 Å². The van der Waals surface area contributed by atoms with Crippen LogP contribution >= 0.6 is 11.8 Å². The van der Waals surface area contributed by atoms with Crippen LogP contribution in [0.3, 0.4) is 0 Å². The van der Waals surface area contributed by atoms with E-state index < -0.39 is 0 Å². The Labute approximate surface area is 97.1 Å². The van der Waals surface area contributed by atoms with Crippen molar-refractivity contribution >= 4 is 11.8 Å². The molecule has 1 N–H and O–H groups in total. The Balaban J connectivity index is 1.38. The van der Waals surface area contributed by atoms with Gasteiger partial charge in [-0.3, -0.25) is 0 Å². The van der Waals surface area contributed by atoms with Gasteiger partial charge in [-0.05, 0) is 55.7 Å². The molecule has 3 rings (SSSR count). The summed E-state index contributed by atoms with van der Waals surface area (Å²) in [5, 5.41) is 4.62. The summed E-state index contributed by atoms with van der Waals surface area (Å²) in [7, 11) is 0. The van der Waals surface area contributed by atoms with Crippen LogP contribution in [0.25, 0.3) is 0 Å². The molecule has 0 aromatic carbocycles. The predicted octanol–water partition coefficient (Wildman–Crippen LogP) is 2.68. The van der Waals surface area contributed by atoms with E-state index in [4.69, 9.17) is 0 Å². The molecule has 1 heterocycles. The van der Waals surface area contributed by atoms with E-state index in [1.54, 1.807) is 0 Å². The molecule has 0 aromatic heterocycles. The van der Waals surface area contributed by atoms with Crippen molar-refractivity contribution in [2.75, 3.05) is 18.8 Å². The lowest BCUT2D eigenvalue weighted by Crippen LogP contribution is -2.30. The molecule has 2 heteroatoms. The molecule has 3 aliphatic rings. The molecule has 1 nitrogen and oxygen atoms in total. The van der Waals surface area contributed by atoms with Crippen LogP contribution in [-0.4, -0.2) is 24.1 Å². The Kier molecular flexibility index (Phi) is 3.07. The third-order valence-electron chi connectivity index (χ3n) is 4.22. The summed E-state index contributed by atoms with van der Waals surface area (Å²) in [6.07, 6.45) is 10.7. The van der Waals surface area contributed by atoms with Gasteiger partial charge in [-0.2, -0.15) is 11.8 Å². The van der Waals surface area contributed by atoms with Crippen molar-refractivity contribution in [1.82, 2.24) is 5.32 Å². The van der Waals surface area contributed by atoms with Gasteiger partial charge in [-0.15, -0.1) is 0 Å². The number of allylic oxidation sites excluding steroid dienone is 2. The van der Waals surface area contributed by atoms with E-state index >= 15 is 0 Å². The third kappa shape index (κ3) is 2.26. The summed E-state index contributed by atoms with van der Waals surface area (Å²) in [6.45, 7) is 2.52. The van der Waals surface area contributed by atoms with Crippen LogP contribution in [0.2, 0.25) is 0 Å². The van der Waals surface area contributed by atoms with Gasteiger partial charge in [0.25, 0.3) is 0 Å². The molecule has 0 spiro atoms. The monoisotopic (exact) mass is 223 g/mol. The van der Waals surface area contributed by atoms with Crippen LogP contribution in [-0.2, 0) is 0 Å². The second kappa shape index (κ2) is 4.50. The molecule has 4 unspecified atom stereocenters. The zero-order chi connectivity index (χ0) is 10.1. The van der Waals surface area contributed by atoms with E-state index in [-0.39, 0.29) is 0 Å².